The number of aryl methyl sites for hydroxylation is 2. The van der Waals surface area contributed by atoms with Crippen LogP contribution in [0.15, 0.2) is 11.2 Å². The molecule has 1 atom stereocenters. The quantitative estimate of drug-likeness (QED) is 0.894. The van der Waals surface area contributed by atoms with Crippen LogP contribution in [0.2, 0.25) is 0 Å². The first kappa shape index (κ1) is 13.5. The molecule has 1 unspecified atom stereocenters. The second kappa shape index (κ2) is 4.96. The third kappa shape index (κ3) is 3.51. The Hall–Kier alpha value is -0.970. The minimum atomic E-state index is 0.368. The Bertz CT molecular complexity index is 456. The number of amidine groups is 1. The first-order valence-electron chi connectivity index (χ1n) is 6.32. The minimum absolute atomic E-state index is 0.368. The molecule has 0 saturated heterocycles. The number of aliphatic imine (C=N–C) groups is 1. The van der Waals surface area contributed by atoms with Crippen LogP contribution in [0.25, 0.3) is 0 Å². The summed E-state index contributed by atoms with van der Waals surface area (Å²) in [5.74, 6) is 0. The van der Waals surface area contributed by atoms with Gasteiger partial charge in [0.05, 0.1) is 17.9 Å². The van der Waals surface area contributed by atoms with Crippen LogP contribution in [-0.4, -0.2) is 26.7 Å². The van der Waals surface area contributed by atoms with Crippen molar-refractivity contribution in [2.75, 3.05) is 11.9 Å². The molecule has 2 heterocycles. The van der Waals surface area contributed by atoms with E-state index in [9.17, 15) is 0 Å². The van der Waals surface area contributed by atoms with Crippen molar-refractivity contribution in [1.29, 1.82) is 0 Å². The zero-order valence-corrected chi connectivity index (χ0v) is 12.6. The van der Waals surface area contributed by atoms with E-state index in [-0.39, 0.29) is 0 Å². The molecule has 0 aromatic carbocycles. The van der Waals surface area contributed by atoms with Crippen LogP contribution in [0.5, 0.6) is 0 Å². The maximum absolute atomic E-state index is 4.58. The van der Waals surface area contributed by atoms with Gasteiger partial charge in [-0.1, -0.05) is 32.5 Å². The lowest BCUT2D eigenvalue weighted by molar-refractivity contribution is 0.375. The number of hydrogen-bond donors (Lipinski definition) is 1. The van der Waals surface area contributed by atoms with Gasteiger partial charge in [0.1, 0.15) is 0 Å². The molecule has 1 aliphatic heterocycles. The highest BCUT2D eigenvalue weighted by Crippen LogP contribution is 2.32. The fourth-order valence-corrected chi connectivity index (χ4v) is 3.48. The van der Waals surface area contributed by atoms with Crippen molar-refractivity contribution in [2.45, 2.75) is 39.4 Å². The Kier molecular flexibility index (Phi) is 3.71. The van der Waals surface area contributed by atoms with E-state index in [0.717, 1.165) is 23.1 Å². The zero-order chi connectivity index (χ0) is 13.3. The van der Waals surface area contributed by atoms with E-state index in [2.05, 4.69) is 36.2 Å². The average Bonchev–Trinajstić information content (AvgIpc) is 2.73. The van der Waals surface area contributed by atoms with Crippen molar-refractivity contribution >= 4 is 22.6 Å². The van der Waals surface area contributed by atoms with Crippen LogP contribution in [0.3, 0.4) is 0 Å². The highest BCUT2D eigenvalue weighted by atomic mass is 32.2. The van der Waals surface area contributed by atoms with Gasteiger partial charge in [0.15, 0.2) is 5.17 Å². The number of thioether (sulfide) groups is 1. The first-order valence-corrected chi connectivity index (χ1v) is 7.20. The fourth-order valence-electron chi connectivity index (χ4n) is 2.11. The Morgan fingerprint density at radius 1 is 1.50 bits per heavy atom. The van der Waals surface area contributed by atoms with Crippen LogP contribution in [-0.2, 0) is 7.05 Å². The van der Waals surface area contributed by atoms with E-state index in [1.807, 2.05) is 36.6 Å². The number of hydrogen-bond acceptors (Lipinski definition) is 4. The van der Waals surface area contributed by atoms with Gasteiger partial charge in [-0.3, -0.25) is 9.67 Å². The maximum Gasteiger partial charge on any atom is 0.161 e. The third-order valence-corrected chi connectivity index (χ3v) is 3.92. The third-order valence-electron chi connectivity index (χ3n) is 2.81. The second-order valence-corrected chi connectivity index (χ2v) is 7.37. The molecule has 18 heavy (non-hydrogen) atoms. The molecular formula is C13H22N4S. The summed E-state index contributed by atoms with van der Waals surface area (Å²) in [5, 5.41) is 9.33. The Labute approximate surface area is 113 Å². The van der Waals surface area contributed by atoms with Gasteiger partial charge in [0, 0.05) is 18.5 Å². The number of nitrogens with one attached hydrogen (secondary N) is 1. The van der Waals surface area contributed by atoms with E-state index in [1.54, 1.807) is 0 Å². The number of nitrogens with zero attached hydrogens (tertiary/aromatic N) is 3. The van der Waals surface area contributed by atoms with E-state index >= 15 is 0 Å². The van der Waals surface area contributed by atoms with E-state index in [4.69, 9.17) is 0 Å². The molecule has 0 bridgehead atoms. The minimum Gasteiger partial charge on any atom is -0.332 e. The molecular weight excluding hydrogens is 244 g/mol. The molecule has 2 rings (SSSR count). The van der Waals surface area contributed by atoms with Gasteiger partial charge in [-0.2, -0.15) is 5.10 Å². The lowest BCUT2D eigenvalue weighted by Crippen LogP contribution is -2.16. The Morgan fingerprint density at radius 3 is 2.78 bits per heavy atom. The smallest absolute Gasteiger partial charge is 0.161 e. The van der Waals surface area contributed by atoms with Crippen LogP contribution >= 0.6 is 11.8 Å². The van der Waals surface area contributed by atoms with Crippen molar-refractivity contribution in [3.05, 3.63) is 11.9 Å². The van der Waals surface area contributed by atoms with E-state index < -0.39 is 0 Å². The molecule has 1 aliphatic rings. The molecule has 0 aliphatic carbocycles. The largest absolute Gasteiger partial charge is 0.332 e. The van der Waals surface area contributed by atoms with Gasteiger partial charge in [0.2, 0.25) is 0 Å². The molecule has 5 heteroatoms. The topological polar surface area (TPSA) is 42.2 Å². The molecule has 0 amide bonds. The predicted molar refractivity (Wildman–Crippen MR) is 79.3 cm³/mol. The zero-order valence-electron chi connectivity index (χ0n) is 11.8. The lowest BCUT2D eigenvalue weighted by Gasteiger charge is -2.21. The van der Waals surface area contributed by atoms with Crippen molar-refractivity contribution in [1.82, 2.24) is 9.78 Å². The summed E-state index contributed by atoms with van der Waals surface area (Å²) in [6, 6.07) is 0. The van der Waals surface area contributed by atoms with E-state index in [1.165, 1.54) is 6.42 Å². The van der Waals surface area contributed by atoms with Crippen molar-refractivity contribution < 1.29 is 0 Å². The molecule has 0 radical (unpaired) electrons. The molecule has 1 N–H and O–H groups in total. The molecule has 100 valence electrons. The summed E-state index contributed by atoms with van der Waals surface area (Å²) in [6.45, 7) is 9.78. The van der Waals surface area contributed by atoms with Gasteiger partial charge in [0.25, 0.3) is 0 Å². The number of aromatic nitrogens is 2. The van der Waals surface area contributed by atoms with Gasteiger partial charge >= 0.3 is 0 Å². The monoisotopic (exact) mass is 266 g/mol. The SMILES string of the molecule is Cc1nn(C)cc1NC1=NCC(CC(C)(C)C)S1. The number of rotatable bonds is 2. The first-order chi connectivity index (χ1) is 8.33. The van der Waals surface area contributed by atoms with Crippen LogP contribution in [0.4, 0.5) is 5.69 Å². The van der Waals surface area contributed by atoms with Gasteiger partial charge in [-0.05, 0) is 18.8 Å². The maximum atomic E-state index is 4.58. The van der Waals surface area contributed by atoms with Gasteiger partial charge in [-0.25, -0.2) is 0 Å². The predicted octanol–water partition coefficient (Wildman–Crippen LogP) is 3.05. The normalized spacial score (nSPS) is 20.1. The second-order valence-electron chi connectivity index (χ2n) is 6.08. The summed E-state index contributed by atoms with van der Waals surface area (Å²) in [5.41, 5.74) is 2.44. The number of anilines is 1. The molecule has 1 aromatic rings. The van der Waals surface area contributed by atoms with Crippen molar-refractivity contribution in [3.63, 3.8) is 0 Å². The summed E-state index contributed by atoms with van der Waals surface area (Å²) in [4.78, 5) is 4.58. The Balaban J connectivity index is 1.92. The van der Waals surface area contributed by atoms with E-state index in [0.29, 0.717) is 10.7 Å². The van der Waals surface area contributed by atoms with Crippen molar-refractivity contribution in [3.8, 4) is 0 Å². The highest BCUT2D eigenvalue weighted by Gasteiger charge is 2.25. The average molecular weight is 266 g/mol. The lowest BCUT2D eigenvalue weighted by atomic mass is 9.90. The molecule has 0 saturated carbocycles. The van der Waals surface area contributed by atoms with Crippen LogP contribution in [0, 0.1) is 12.3 Å². The fraction of sp³-hybridized carbons (Fsp3) is 0.692. The summed E-state index contributed by atoms with van der Waals surface area (Å²) in [7, 11) is 1.93. The highest BCUT2D eigenvalue weighted by molar-refractivity contribution is 8.15. The molecule has 0 fully saturated rings. The van der Waals surface area contributed by atoms with Crippen LogP contribution < -0.4 is 5.32 Å². The van der Waals surface area contributed by atoms with Gasteiger partial charge in [-0.15, -0.1) is 0 Å². The van der Waals surface area contributed by atoms with Crippen molar-refractivity contribution in [2.24, 2.45) is 17.5 Å². The summed E-state index contributed by atoms with van der Waals surface area (Å²) >= 11 is 1.85. The standard InChI is InChI=1S/C13H22N4S/c1-9-11(8-17(5)16-9)15-12-14-7-10(18-12)6-13(2,3)4/h8,10H,6-7H2,1-5H3,(H,14,15). The summed E-state index contributed by atoms with van der Waals surface area (Å²) < 4.78 is 1.82. The van der Waals surface area contributed by atoms with Gasteiger partial charge < -0.3 is 5.32 Å². The summed E-state index contributed by atoms with van der Waals surface area (Å²) in [6.07, 6.45) is 3.19. The van der Waals surface area contributed by atoms with Crippen LogP contribution in [0.1, 0.15) is 32.9 Å². The Morgan fingerprint density at radius 2 is 2.22 bits per heavy atom. The molecule has 0 spiro atoms. The molecule has 4 nitrogen and oxygen atoms in total. The molecule has 1 aromatic heterocycles.